The molecule has 3 N–H and O–H groups in total. The summed E-state index contributed by atoms with van der Waals surface area (Å²) < 4.78 is 31.9. The summed E-state index contributed by atoms with van der Waals surface area (Å²) >= 11 is 0. The van der Waals surface area contributed by atoms with E-state index in [2.05, 4.69) is 23.8 Å². The van der Waals surface area contributed by atoms with Gasteiger partial charge >= 0.3 is 0 Å². The van der Waals surface area contributed by atoms with Gasteiger partial charge in [0.05, 0.1) is 0 Å². The Morgan fingerprint density at radius 3 is 1.91 bits per heavy atom. The molecule has 7 nitrogen and oxygen atoms in total. The van der Waals surface area contributed by atoms with Gasteiger partial charge in [0.2, 0.25) is 11.8 Å². The fourth-order valence-electron chi connectivity index (χ4n) is 2.16. The highest BCUT2D eigenvalue weighted by Gasteiger charge is 2.49. The summed E-state index contributed by atoms with van der Waals surface area (Å²) in [5, 5.41) is 4.73. The predicted octanol–water partition coefficient (Wildman–Crippen LogP) is 1.14. The van der Waals surface area contributed by atoms with Gasteiger partial charge in [0.15, 0.2) is 0 Å². The molecule has 0 fully saturated rings. The van der Waals surface area contributed by atoms with Crippen molar-refractivity contribution >= 4 is 21.9 Å². The van der Waals surface area contributed by atoms with Crippen LogP contribution in [0.25, 0.3) is 0 Å². The van der Waals surface area contributed by atoms with Crippen LogP contribution in [0.1, 0.15) is 39.5 Å². The molecule has 0 aromatic heterocycles. The van der Waals surface area contributed by atoms with Crippen LogP contribution in [0.5, 0.6) is 0 Å². The molecule has 0 bridgehead atoms. The first-order chi connectivity index (χ1) is 10.2. The molecule has 0 saturated heterocycles. The molecule has 0 radical (unpaired) electrons. The Kier molecular flexibility index (Phi) is 8.04. The van der Waals surface area contributed by atoms with Crippen LogP contribution in [0.4, 0.5) is 0 Å². The van der Waals surface area contributed by atoms with Crippen molar-refractivity contribution in [1.29, 1.82) is 0 Å². The molecule has 0 saturated carbocycles. The Labute approximate surface area is 131 Å². The first kappa shape index (κ1) is 20.3. The number of rotatable bonds is 10. The smallest absolute Gasteiger partial charge is 0.274 e. The largest absolute Gasteiger partial charge is 0.331 e. The molecule has 0 aromatic carbocycles. The Morgan fingerprint density at radius 2 is 1.64 bits per heavy atom. The number of carbonyl (C=O) groups is 2. The van der Waals surface area contributed by atoms with Crippen LogP contribution in [0.15, 0.2) is 25.3 Å². The zero-order valence-corrected chi connectivity index (χ0v) is 13.8. The van der Waals surface area contributed by atoms with Crippen LogP contribution in [-0.4, -0.2) is 35.7 Å². The third-order valence-corrected chi connectivity index (χ3v) is 5.29. The number of hydrogen-bond donors (Lipinski definition) is 3. The number of amides is 2. The number of carbonyl (C=O) groups excluding carboxylic acids is 2. The molecule has 0 spiro atoms. The van der Waals surface area contributed by atoms with Crippen LogP contribution < -0.4 is 10.6 Å². The van der Waals surface area contributed by atoms with Gasteiger partial charge in [-0.05, 0) is 25.0 Å². The van der Waals surface area contributed by atoms with E-state index in [1.165, 1.54) is 0 Å². The van der Waals surface area contributed by atoms with Crippen molar-refractivity contribution in [3.8, 4) is 0 Å². The second-order valence-corrected chi connectivity index (χ2v) is 6.62. The lowest BCUT2D eigenvalue weighted by molar-refractivity contribution is -0.120. The quantitative estimate of drug-likeness (QED) is 0.315. The molecule has 0 aliphatic carbocycles. The van der Waals surface area contributed by atoms with E-state index in [1.54, 1.807) is 6.92 Å². The summed E-state index contributed by atoms with van der Waals surface area (Å²) in [6.45, 7) is 10.0. The SMILES string of the molecule is C=CC(=O)NC(NC(=O)C=C)C(CC)(CCCC)S(=O)(=O)O. The lowest BCUT2D eigenvalue weighted by atomic mass is 9.94. The van der Waals surface area contributed by atoms with Gasteiger partial charge in [-0.2, -0.15) is 8.42 Å². The van der Waals surface area contributed by atoms with Gasteiger partial charge in [0.1, 0.15) is 10.9 Å². The number of hydrogen-bond acceptors (Lipinski definition) is 4. The topological polar surface area (TPSA) is 113 Å². The van der Waals surface area contributed by atoms with Crippen LogP contribution in [0.3, 0.4) is 0 Å². The minimum atomic E-state index is -4.55. The van der Waals surface area contributed by atoms with E-state index in [0.29, 0.717) is 12.8 Å². The summed E-state index contributed by atoms with van der Waals surface area (Å²) in [5.41, 5.74) is 0. The summed E-state index contributed by atoms with van der Waals surface area (Å²) in [6.07, 6.45) is 1.89. The van der Waals surface area contributed by atoms with Crippen molar-refractivity contribution in [2.45, 2.75) is 50.4 Å². The molecule has 0 aliphatic rings. The van der Waals surface area contributed by atoms with Gasteiger partial charge in [-0.15, -0.1) is 0 Å². The molecule has 0 heterocycles. The van der Waals surface area contributed by atoms with E-state index in [0.717, 1.165) is 12.2 Å². The molecular formula is C14H24N2O5S. The summed E-state index contributed by atoms with van der Waals surface area (Å²) in [4.78, 5) is 23.1. The fourth-order valence-corrected chi connectivity index (χ4v) is 3.35. The monoisotopic (exact) mass is 332 g/mol. The van der Waals surface area contributed by atoms with Crippen molar-refractivity contribution in [3.63, 3.8) is 0 Å². The van der Waals surface area contributed by atoms with Crippen molar-refractivity contribution in [2.75, 3.05) is 0 Å². The number of nitrogens with one attached hydrogen (secondary N) is 2. The molecular weight excluding hydrogens is 308 g/mol. The lowest BCUT2D eigenvalue weighted by Crippen LogP contribution is -2.64. The summed E-state index contributed by atoms with van der Waals surface area (Å²) in [6, 6.07) is 0. The predicted molar refractivity (Wildman–Crippen MR) is 84.6 cm³/mol. The highest BCUT2D eigenvalue weighted by Crippen LogP contribution is 2.30. The van der Waals surface area contributed by atoms with E-state index in [9.17, 15) is 22.6 Å². The van der Waals surface area contributed by atoms with Crippen molar-refractivity contribution < 1.29 is 22.6 Å². The van der Waals surface area contributed by atoms with Crippen LogP contribution >= 0.6 is 0 Å². The maximum atomic E-state index is 12.0. The standard InChI is InChI=1S/C14H24N2O5S/c1-5-9-10-14(8-4,22(19,20)21)13(15-11(17)6-2)16-12(18)7-3/h6-7,13H,2-3,5,8-10H2,1,4H3,(H,15,17)(H,16,18)(H,19,20,21). The van der Waals surface area contributed by atoms with Crippen LogP contribution in [-0.2, 0) is 19.7 Å². The molecule has 1 unspecified atom stereocenters. The van der Waals surface area contributed by atoms with Gasteiger partial charge in [-0.25, -0.2) is 0 Å². The van der Waals surface area contributed by atoms with Crippen molar-refractivity contribution in [3.05, 3.63) is 25.3 Å². The van der Waals surface area contributed by atoms with Crippen LogP contribution in [0.2, 0.25) is 0 Å². The Bertz CT molecular complexity index is 507. The maximum absolute atomic E-state index is 12.0. The molecule has 8 heteroatoms. The van der Waals surface area contributed by atoms with Gasteiger partial charge < -0.3 is 10.6 Å². The molecule has 0 rings (SSSR count). The van der Waals surface area contributed by atoms with Crippen molar-refractivity contribution in [2.24, 2.45) is 0 Å². The first-order valence-electron chi connectivity index (χ1n) is 7.01. The third-order valence-electron chi connectivity index (χ3n) is 3.54. The van der Waals surface area contributed by atoms with E-state index in [4.69, 9.17) is 0 Å². The van der Waals surface area contributed by atoms with Gasteiger partial charge in [-0.3, -0.25) is 14.1 Å². The van der Waals surface area contributed by atoms with Gasteiger partial charge in [0, 0.05) is 0 Å². The zero-order valence-electron chi connectivity index (χ0n) is 13.0. The van der Waals surface area contributed by atoms with Gasteiger partial charge in [-0.1, -0.05) is 39.8 Å². The molecule has 126 valence electrons. The average molecular weight is 332 g/mol. The average Bonchev–Trinajstić information content (AvgIpc) is 2.46. The van der Waals surface area contributed by atoms with E-state index in [-0.39, 0.29) is 12.8 Å². The van der Waals surface area contributed by atoms with Gasteiger partial charge in [0.25, 0.3) is 10.1 Å². The Hall–Kier alpha value is -1.67. The molecule has 0 aromatic rings. The van der Waals surface area contributed by atoms with E-state index in [1.807, 2.05) is 6.92 Å². The summed E-state index contributed by atoms with van der Waals surface area (Å²) in [7, 11) is -4.55. The van der Waals surface area contributed by atoms with Crippen molar-refractivity contribution in [1.82, 2.24) is 10.6 Å². The second-order valence-electron chi connectivity index (χ2n) is 4.86. The number of unbranched alkanes of at least 4 members (excludes halogenated alkanes) is 1. The second kappa shape index (κ2) is 8.70. The Balaban J connectivity index is 5.88. The van der Waals surface area contributed by atoms with Crippen LogP contribution in [0, 0.1) is 0 Å². The molecule has 1 atom stereocenters. The minimum absolute atomic E-state index is 0.00530. The highest BCUT2D eigenvalue weighted by molar-refractivity contribution is 7.87. The normalized spacial score (nSPS) is 14.0. The highest BCUT2D eigenvalue weighted by atomic mass is 32.2. The fraction of sp³-hybridized carbons (Fsp3) is 0.571. The summed E-state index contributed by atoms with van der Waals surface area (Å²) in [5.74, 6) is -1.32. The molecule has 2 amide bonds. The molecule has 22 heavy (non-hydrogen) atoms. The van der Waals surface area contributed by atoms with E-state index < -0.39 is 32.8 Å². The Morgan fingerprint density at radius 1 is 1.18 bits per heavy atom. The third kappa shape index (κ3) is 4.96. The maximum Gasteiger partial charge on any atom is 0.274 e. The van der Waals surface area contributed by atoms with E-state index >= 15 is 0 Å². The molecule has 0 aliphatic heterocycles. The zero-order chi connectivity index (χ0) is 17.4. The lowest BCUT2D eigenvalue weighted by Gasteiger charge is -2.37. The minimum Gasteiger partial charge on any atom is -0.331 e. The first-order valence-corrected chi connectivity index (χ1v) is 8.45.